The lowest BCUT2D eigenvalue weighted by molar-refractivity contribution is -0.131. The Morgan fingerprint density at radius 2 is 1.68 bits per heavy atom. The van der Waals surface area contributed by atoms with Crippen molar-refractivity contribution in [2.24, 2.45) is 0 Å². The second-order valence-corrected chi connectivity index (χ2v) is 10.8. The minimum absolute atomic E-state index is 0.0486. The number of rotatable bonds is 4. The largest absolute Gasteiger partial charge is 0.457 e. The first kappa shape index (κ1) is 26.5. The molecular weight excluding hydrogens is 557 g/mol. The zero-order valence-corrected chi connectivity index (χ0v) is 23.0. The quantitative estimate of drug-likeness (QED) is 0.259. The number of terminal acetylenes is 1. The van der Waals surface area contributed by atoms with Crippen molar-refractivity contribution >= 4 is 40.7 Å². The van der Waals surface area contributed by atoms with Gasteiger partial charge in [-0.1, -0.05) is 47.3 Å². The van der Waals surface area contributed by atoms with Crippen LogP contribution in [0.3, 0.4) is 0 Å². The van der Waals surface area contributed by atoms with E-state index in [9.17, 15) is 14.9 Å². The van der Waals surface area contributed by atoms with Gasteiger partial charge in [0.1, 0.15) is 16.9 Å². The minimum Gasteiger partial charge on any atom is -0.457 e. The maximum atomic E-state index is 14.3. The number of benzene rings is 4. The van der Waals surface area contributed by atoms with Gasteiger partial charge in [-0.05, 0) is 77.9 Å². The monoisotopic (exact) mass is 577 g/mol. The number of carbonyl (C=O) groups is 2. The van der Waals surface area contributed by atoms with E-state index in [4.69, 9.17) is 34.4 Å². The van der Waals surface area contributed by atoms with Gasteiger partial charge in [0, 0.05) is 39.2 Å². The number of hydrogen-bond acceptors (Lipinski definition) is 4. The van der Waals surface area contributed by atoms with Crippen molar-refractivity contribution in [2.45, 2.75) is 23.8 Å². The molecule has 1 saturated heterocycles. The number of piperidine rings is 1. The van der Waals surface area contributed by atoms with Crippen molar-refractivity contribution < 1.29 is 14.3 Å². The third-order valence-electron chi connectivity index (χ3n) is 7.70. The Labute approximate surface area is 246 Å². The molecule has 1 fully saturated rings. The van der Waals surface area contributed by atoms with E-state index >= 15 is 0 Å². The number of hydrogen-bond donors (Lipinski definition) is 2. The minimum atomic E-state index is -1.30. The van der Waals surface area contributed by atoms with E-state index in [0.29, 0.717) is 49.5 Å². The molecule has 2 amide bonds. The Morgan fingerprint density at radius 1 is 0.927 bits per heavy atom. The topological polar surface area (TPSA) is 91.2 Å². The van der Waals surface area contributed by atoms with Crippen LogP contribution in [0, 0.1) is 23.7 Å². The van der Waals surface area contributed by atoms with E-state index in [0.717, 1.165) is 5.56 Å². The van der Waals surface area contributed by atoms with Gasteiger partial charge in [0.15, 0.2) is 0 Å². The Kier molecular flexibility index (Phi) is 6.67. The molecule has 3 atom stereocenters. The van der Waals surface area contributed by atoms with Crippen molar-refractivity contribution in [2.75, 3.05) is 5.32 Å². The number of nitrogens with zero attached hydrogens (tertiary/aromatic N) is 1. The molecule has 2 heterocycles. The Balaban J connectivity index is 1.60. The first-order valence-electron chi connectivity index (χ1n) is 12.8. The summed E-state index contributed by atoms with van der Waals surface area (Å²) in [6, 6.07) is 25.6. The van der Waals surface area contributed by atoms with Gasteiger partial charge < -0.3 is 15.4 Å². The fourth-order valence-corrected chi connectivity index (χ4v) is 6.32. The third-order valence-corrected chi connectivity index (χ3v) is 8.17. The molecule has 2 aliphatic rings. The van der Waals surface area contributed by atoms with Crippen LogP contribution in [0.4, 0.5) is 5.69 Å². The summed E-state index contributed by atoms with van der Waals surface area (Å²) in [5, 5.41) is 16.3. The number of nitriles is 1. The lowest BCUT2D eigenvalue weighted by Crippen LogP contribution is -2.56. The average Bonchev–Trinajstić information content (AvgIpc) is 3.25. The molecule has 0 saturated carbocycles. The standard InChI is InChI=1S/C33H21Cl2N3O3/c1-2-19-8-13-29(41-24-10-6-20(18-36)7-11-24)25(14-19)31-33(26-12-9-23(35)16-28(26)37-32(33)40)27(17-30(39)38-31)21-4-3-5-22(34)15-21/h1,3-16,27,31H,17H2,(H,37,40)(H,38,39)/t27-,31+,33-/m1/s1. The van der Waals surface area contributed by atoms with Gasteiger partial charge >= 0.3 is 0 Å². The molecule has 2 aliphatic heterocycles. The first-order valence-corrected chi connectivity index (χ1v) is 13.5. The third kappa shape index (κ3) is 4.48. The molecule has 4 aromatic rings. The SMILES string of the molecule is C#Cc1ccc(Oc2ccc(C#N)cc2)c([C@@H]2NC(=O)C[C@H](c3cccc(Cl)c3)[C@@]23C(=O)Nc2cc(Cl)ccc23)c1. The number of halogens is 2. The van der Waals surface area contributed by atoms with Crippen molar-refractivity contribution in [3.63, 3.8) is 0 Å². The summed E-state index contributed by atoms with van der Waals surface area (Å²) >= 11 is 12.7. The smallest absolute Gasteiger partial charge is 0.238 e. The van der Waals surface area contributed by atoms with Gasteiger partial charge in [0.2, 0.25) is 11.8 Å². The van der Waals surface area contributed by atoms with Crippen LogP contribution in [0.5, 0.6) is 11.5 Å². The number of anilines is 1. The van der Waals surface area contributed by atoms with E-state index in [1.165, 1.54) is 0 Å². The van der Waals surface area contributed by atoms with E-state index in [1.807, 2.05) is 12.1 Å². The number of carbonyl (C=O) groups excluding carboxylic acids is 2. The predicted molar refractivity (Wildman–Crippen MR) is 157 cm³/mol. The van der Waals surface area contributed by atoms with E-state index in [2.05, 4.69) is 22.6 Å². The van der Waals surface area contributed by atoms with Crippen molar-refractivity contribution in [1.82, 2.24) is 5.32 Å². The highest BCUT2D eigenvalue weighted by Crippen LogP contribution is 2.58. The molecule has 4 aromatic carbocycles. The van der Waals surface area contributed by atoms with Crippen LogP contribution in [0.15, 0.2) is 84.9 Å². The van der Waals surface area contributed by atoms with Crippen molar-refractivity contribution in [1.29, 1.82) is 5.26 Å². The van der Waals surface area contributed by atoms with Crippen LogP contribution < -0.4 is 15.4 Å². The molecule has 1 spiro atoms. The fraction of sp³-hybridized carbons (Fsp3) is 0.121. The molecule has 6 rings (SSSR count). The van der Waals surface area contributed by atoms with Crippen LogP contribution in [-0.4, -0.2) is 11.8 Å². The average molecular weight is 578 g/mol. The molecular formula is C33H21Cl2N3O3. The van der Waals surface area contributed by atoms with Crippen LogP contribution in [-0.2, 0) is 15.0 Å². The van der Waals surface area contributed by atoms with Crippen LogP contribution >= 0.6 is 23.2 Å². The highest BCUT2D eigenvalue weighted by atomic mass is 35.5. The molecule has 0 bridgehead atoms. The normalized spacial score (nSPS) is 20.9. The van der Waals surface area contributed by atoms with Gasteiger partial charge in [-0.2, -0.15) is 5.26 Å². The fourth-order valence-electron chi connectivity index (χ4n) is 5.95. The second-order valence-electron chi connectivity index (χ2n) is 9.96. The molecule has 2 N–H and O–H groups in total. The summed E-state index contributed by atoms with van der Waals surface area (Å²) in [5.74, 6) is 2.42. The Hall–Kier alpha value is -4.75. The molecule has 0 radical (unpaired) electrons. The highest BCUT2D eigenvalue weighted by Gasteiger charge is 2.61. The van der Waals surface area contributed by atoms with Gasteiger partial charge in [0.05, 0.1) is 17.7 Å². The summed E-state index contributed by atoms with van der Waals surface area (Å²) < 4.78 is 6.30. The zero-order chi connectivity index (χ0) is 28.7. The number of fused-ring (bicyclic) bond motifs is 2. The summed E-state index contributed by atoms with van der Waals surface area (Å²) in [6.45, 7) is 0. The molecule has 0 aliphatic carbocycles. The number of nitrogens with one attached hydrogen (secondary N) is 2. The summed E-state index contributed by atoms with van der Waals surface area (Å²) in [7, 11) is 0. The van der Waals surface area contributed by atoms with Gasteiger partial charge in [0.25, 0.3) is 0 Å². The zero-order valence-electron chi connectivity index (χ0n) is 21.4. The lowest BCUT2D eigenvalue weighted by atomic mass is 9.59. The molecule has 41 heavy (non-hydrogen) atoms. The first-order chi connectivity index (χ1) is 19.8. The van der Waals surface area contributed by atoms with E-state index < -0.39 is 17.4 Å². The van der Waals surface area contributed by atoms with Crippen LogP contribution in [0.2, 0.25) is 10.0 Å². The van der Waals surface area contributed by atoms with Crippen LogP contribution in [0.1, 0.15) is 46.2 Å². The molecule has 0 unspecified atom stereocenters. The Morgan fingerprint density at radius 3 is 2.41 bits per heavy atom. The van der Waals surface area contributed by atoms with Crippen LogP contribution in [0.25, 0.3) is 0 Å². The number of ether oxygens (including phenoxy) is 1. The lowest BCUT2D eigenvalue weighted by Gasteiger charge is -2.46. The van der Waals surface area contributed by atoms with Gasteiger partial charge in [-0.3, -0.25) is 9.59 Å². The molecule has 6 nitrogen and oxygen atoms in total. The summed E-state index contributed by atoms with van der Waals surface area (Å²) in [6.07, 6.45) is 5.84. The summed E-state index contributed by atoms with van der Waals surface area (Å²) in [4.78, 5) is 27.7. The highest BCUT2D eigenvalue weighted by molar-refractivity contribution is 6.31. The van der Waals surface area contributed by atoms with E-state index in [1.54, 1.807) is 72.8 Å². The maximum Gasteiger partial charge on any atom is 0.238 e. The molecule has 8 heteroatoms. The van der Waals surface area contributed by atoms with E-state index in [-0.39, 0.29) is 18.2 Å². The maximum absolute atomic E-state index is 14.3. The van der Waals surface area contributed by atoms with Crippen molar-refractivity contribution in [3.8, 4) is 29.9 Å². The molecule has 0 aromatic heterocycles. The predicted octanol–water partition coefficient (Wildman–Crippen LogP) is 6.87. The summed E-state index contributed by atoms with van der Waals surface area (Å²) in [5.41, 5.74) is 2.28. The molecule has 200 valence electrons. The second kappa shape index (κ2) is 10.3. The Bertz CT molecular complexity index is 1810. The van der Waals surface area contributed by atoms with Crippen molar-refractivity contribution in [3.05, 3.63) is 123 Å². The van der Waals surface area contributed by atoms with Gasteiger partial charge in [-0.25, -0.2) is 0 Å². The van der Waals surface area contributed by atoms with Gasteiger partial charge in [-0.15, -0.1) is 6.42 Å². The number of amides is 2.